The van der Waals surface area contributed by atoms with E-state index in [1.165, 1.54) is 17.1 Å². The fourth-order valence-corrected chi connectivity index (χ4v) is 7.03. The summed E-state index contributed by atoms with van der Waals surface area (Å²) in [5.41, 5.74) is 4.30. The molecule has 1 aliphatic heterocycles. The molecule has 63 heavy (non-hydrogen) atoms. The summed E-state index contributed by atoms with van der Waals surface area (Å²) >= 11 is 3.19. The summed E-state index contributed by atoms with van der Waals surface area (Å²) in [6.45, 7) is 21.4. The van der Waals surface area contributed by atoms with Crippen LogP contribution in [0.3, 0.4) is 0 Å². The van der Waals surface area contributed by atoms with E-state index in [9.17, 15) is 23.3 Å². The number of amides is 2. The molecule has 0 bridgehead atoms. The molecule has 0 saturated heterocycles. The Hall–Kier alpha value is 0.874. The van der Waals surface area contributed by atoms with Crippen molar-refractivity contribution in [3.05, 3.63) is 36.2 Å². The van der Waals surface area contributed by atoms with Crippen LogP contribution in [-0.4, -0.2) is 123 Å². The fraction of sp³-hybridized carbons (Fsp3) is 0.657. The minimum Gasteiger partial charge on any atom is -1.00 e. The number of ether oxygens (including phenoxy) is 2. The van der Waals surface area contributed by atoms with Gasteiger partial charge in [0.1, 0.15) is 16.5 Å². The van der Waals surface area contributed by atoms with Gasteiger partial charge in [-0.25, -0.2) is 9.59 Å². The summed E-state index contributed by atoms with van der Waals surface area (Å²) in [5.74, 6) is 0. The second-order valence-corrected chi connectivity index (χ2v) is 21.0. The summed E-state index contributed by atoms with van der Waals surface area (Å²) in [5, 5.41) is 23.5. The van der Waals surface area contributed by atoms with Gasteiger partial charge in [-0.1, -0.05) is 30.8 Å². The zero-order valence-corrected chi connectivity index (χ0v) is 54.1. The summed E-state index contributed by atoms with van der Waals surface area (Å²) in [6.07, 6.45) is 8.30. The number of carbonyl (C=O) groups is 3. The Morgan fingerprint density at radius 3 is 1.67 bits per heavy atom. The summed E-state index contributed by atoms with van der Waals surface area (Å²) < 4.78 is 57.9. The van der Waals surface area contributed by atoms with E-state index in [2.05, 4.69) is 46.6 Å². The zero-order valence-electron chi connectivity index (χ0n) is 38.2. The van der Waals surface area contributed by atoms with E-state index in [0.29, 0.717) is 57.8 Å². The number of aliphatic imine (C=N–C) groups is 1. The Morgan fingerprint density at radius 1 is 0.873 bits per heavy atom. The number of nitrogens with two attached hydrogens (primary N) is 1. The summed E-state index contributed by atoms with van der Waals surface area (Å²) in [4.78, 5) is 54.9. The van der Waals surface area contributed by atoms with Crippen molar-refractivity contribution < 1.29 is 206 Å². The van der Waals surface area contributed by atoms with E-state index >= 15 is 0 Å². The Bertz CT molecular complexity index is 1760. The molecule has 0 aliphatic carbocycles. The monoisotopic (exact) mass is 1260 g/mol. The molecule has 2 aromatic rings. The Kier molecular flexibility index (Phi) is 47.5. The van der Waals surface area contributed by atoms with E-state index in [0.717, 1.165) is 16.8 Å². The van der Waals surface area contributed by atoms with E-state index in [-0.39, 0.29) is 172 Å². The fourth-order valence-electron chi connectivity index (χ4n) is 3.75. The molecule has 0 radical (unpaired) electrons. The number of nitrogens with zero attached hydrogens (tertiary/aromatic N) is 5. The van der Waals surface area contributed by atoms with Gasteiger partial charge in [0.05, 0.1) is 55.9 Å². The van der Waals surface area contributed by atoms with Gasteiger partial charge < -0.3 is 56.2 Å². The number of alkyl carbamates (subject to hydrolysis) is 2. The summed E-state index contributed by atoms with van der Waals surface area (Å²) in [7, 11) is -9.47. The zero-order chi connectivity index (χ0) is 45.9. The number of nitrogens with one attached hydrogen (secondary N) is 2. The molecule has 2 aromatic heterocycles. The molecule has 0 fully saturated rings. The van der Waals surface area contributed by atoms with Gasteiger partial charge in [-0.3, -0.25) is 32.8 Å². The summed E-state index contributed by atoms with van der Waals surface area (Å²) in [6, 6.07) is 0. The SMILES string of the molecule is C.C.CC(C)(C)OC(=O)NCCBr.CCOP(C)(=O)C1=CCN=C1.CCOP(C)(=O)c1cnn(CCNC(=O)OC(C)(C)C)c1.NCCn1cc(P(=O)(O)O)cn1.O=CO[O-].[Cs+].[Cs+].[H-]. The third-order valence-electron chi connectivity index (χ3n) is 6.06. The predicted molar refractivity (Wildman–Crippen MR) is 241 cm³/mol. The molecular formula is C35H70BrCs2N8O14P3. The maximum absolute atomic E-state index is 12.2. The van der Waals surface area contributed by atoms with Crippen molar-refractivity contribution in [3.63, 3.8) is 0 Å². The minimum absolute atomic E-state index is 0. The van der Waals surface area contributed by atoms with Crippen LogP contribution >= 0.6 is 38.3 Å². The van der Waals surface area contributed by atoms with Crippen molar-refractivity contribution in [3.8, 4) is 0 Å². The van der Waals surface area contributed by atoms with Gasteiger partial charge in [-0.2, -0.15) is 10.2 Å². The van der Waals surface area contributed by atoms with Gasteiger partial charge in [-0.15, -0.1) is 0 Å². The molecule has 3 heterocycles. The van der Waals surface area contributed by atoms with Crippen LogP contribution in [-0.2, 0) is 55.0 Å². The molecule has 22 nitrogen and oxygen atoms in total. The van der Waals surface area contributed by atoms with Gasteiger partial charge in [0.2, 0.25) is 14.7 Å². The number of hydrogen-bond acceptors (Lipinski definition) is 16. The van der Waals surface area contributed by atoms with Crippen LogP contribution in [0.2, 0.25) is 0 Å². The number of allylic oxidation sites excluding steroid dienone is 1. The van der Waals surface area contributed by atoms with Crippen molar-refractivity contribution in [2.75, 3.05) is 58.1 Å². The third kappa shape index (κ3) is 40.5. The standard InChI is InChI=1S/C13H24N3O4P.C7H14BrNO2.C7H12NO2P.C5H10N3O3P.CH2O3.2CH4.2Cs.H/c1-6-19-21(5,18)11-9-15-16(10-11)8-7-14-12(17)20-13(2,3)4;1-7(2,3)11-6(10)9-5-4-8;1-3-10-11(2,9)7-4-5-8-6-7;6-1-2-8-4-5(3-7-8)12(9,10)11;2-1-4-3;;;;;/h9-10H,6-8H2,1-5H3,(H,14,17);4-5H2,1-3H3,(H,9,10);4,6H,3,5H2,1-2H3;3-4H,1-2,6H2,(H2,9,10,11);1,3H;2*1H4;;;/q;;;;;;;2*+1;-1/p-1. The quantitative estimate of drug-likeness (QED) is 0.0435. The van der Waals surface area contributed by atoms with Crippen molar-refractivity contribution in [1.82, 2.24) is 30.2 Å². The van der Waals surface area contributed by atoms with Crippen LogP contribution in [0.1, 0.15) is 71.7 Å². The van der Waals surface area contributed by atoms with Gasteiger partial charge in [0.15, 0.2) is 0 Å². The Morgan fingerprint density at radius 2 is 1.30 bits per heavy atom. The third-order valence-corrected chi connectivity index (χ3v) is 11.3. The smallest absolute Gasteiger partial charge is 1.00 e. The Balaban J connectivity index is -0.000000133. The molecule has 2 amide bonds. The van der Waals surface area contributed by atoms with Crippen molar-refractivity contribution in [2.45, 2.75) is 94.5 Å². The molecule has 0 aromatic carbocycles. The van der Waals surface area contributed by atoms with Crippen LogP contribution in [0.15, 0.2) is 41.2 Å². The molecule has 0 saturated carbocycles. The number of rotatable bonds is 15. The maximum Gasteiger partial charge on any atom is 1.00 e. The van der Waals surface area contributed by atoms with Gasteiger partial charge >= 0.3 is 158 Å². The van der Waals surface area contributed by atoms with Crippen LogP contribution in [0.25, 0.3) is 0 Å². The maximum atomic E-state index is 12.2. The molecule has 358 valence electrons. The molecular weight excluding hydrogens is 1200 g/mol. The number of halogens is 1. The molecule has 0 spiro atoms. The van der Waals surface area contributed by atoms with Gasteiger partial charge in [0.25, 0.3) is 6.47 Å². The van der Waals surface area contributed by atoms with E-state index in [4.69, 9.17) is 44.1 Å². The number of carbonyl (C=O) groups excluding carboxylic acids is 3. The largest absolute Gasteiger partial charge is 1.00 e. The average molecular weight is 1270 g/mol. The first-order valence-corrected chi connectivity index (χ1v) is 24.8. The molecule has 28 heteroatoms. The van der Waals surface area contributed by atoms with E-state index in [1.54, 1.807) is 58.1 Å². The molecule has 1 aliphatic rings. The Labute approximate surface area is 501 Å². The van der Waals surface area contributed by atoms with Crippen molar-refractivity contribution in [2.24, 2.45) is 10.7 Å². The second kappa shape index (κ2) is 39.7. The second-order valence-electron chi connectivity index (χ2n) is 13.6. The van der Waals surface area contributed by atoms with Crippen LogP contribution in [0.5, 0.6) is 0 Å². The van der Waals surface area contributed by atoms with Crippen molar-refractivity contribution in [1.29, 1.82) is 0 Å². The molecule has 2 atom stereocenters. The van der Waals surface area contributed by atoms with Gasteiger partial charge in [0, 0.05) is 56.9 Å². The first-order valence-electron chi connectivity index (χ1n) is 17.9. The van der Waals surface area contributed by atoms with Gasteiger partial charge in [-0.05, 0) is 61.5 Å². The first-order chi connectivity index (χ1) is 27.2. The number of alkyl halides is 1. The molecule has 3 rings (SSSR count). The molecule has 2 unspecified atom stereocenters. The van der Waals surface area contributed by atoms with Crippen LogP contribution < -0.4 is 170 Å². The average Bonchev–Trinajstić information content (AvgIpc) is 3.90. The normalized spacial score (nSPS) is 13.1. The number of hydrogen-bond donors (Lipinski definition) is 5. The first kappa shape index (κ1) is 75.4. The molecule has 6 N–H and O–H groups in total. The van der Waals surface area contributed by atoms with E-state index < -0.39 is 39.6 Å². The predicted octanol–water partition coefficient (Wildman–Crippen LogP) is -1.75. The number of aromatic nitrogens is 4. The van der Waals surface area contributed by atoms with Crippen LogP contribution in [0, 0.1) is 0 Å². The van der Waals surface area contributed by atoms with E-state index in [1.807, 2.05) is 33.8 Å². The topological polar surface area (TPSA) is 310 Å². The van der Waals surface area contributed by atoms with Crippen molar-refractivity contribution >= 4 is 73.7 Å². The minimum atomic E-state index is -4.15. The van der Waals surface area contributed by atoms with Crippen LogP contribution in [0.4, 0.5) is 9.59 Å².